The van der Waals surface area contributed by atoms with E-state index in [0.717, 1.165) is 0 Å². The van der Waals surface area contributed by atoms with Gasteiger partial charge in [-0.05, 0) is 27.9 Å². The number of rotatable bonds is 5. The van der Waals surface area contributed by atoms with E-state index in [1.54, 1.807) is 0 Å². The molecule has 1 rings (SSSR count). The van der Waals surface area contributed by atoms with Crippen LogP contribution < -0.4 is 15.2 Å². The van der Waals surface area contributed by atoms with Gasteiger partial charge >= 0.3 is 0 Å². The summed E-state index contributed by atoms with van der Waals surface area (Å²) < 4.78 is 24.2. The number of halogens is 1. The van der Waals surface area contributed by atoms with Crippen LogP contribution in [0.2, 0.25) is 0 Å². The van der Waals surface area contributed by atoms with Crippen molar-refractivity contribution < 1.29 is 13.9 Å². The van der Waals surface area contributed by atoms with Gasteiger partial charge in [-0.15, -0.1) is 0 Å². The molecule has 102 valence electrons. The zero-order valence-electron chi connectivity index (χ0n) is 11.6. The number of nitrogens with zero attached hydrogens (tertiary/aromatic N) is 1. The van der Waals surface area contributed by atoms with Gasteiger partial charge in [0.2, 0.25) is 0 Å². The summed E-state index contributed by atoms with van der Waals surface area (Å²) in [6.07, 6.45) is 0. The van der Waals surface area contributed by atoms with Crippen molar-refractivity contribution in [2.45, 2.75) is 19.4 Å². The first-order chi connectivity index (χ1) is 8.27. The molecule has 1 aromatic rings. The summed E-state index contributed by atoms with van der Waals surface area (Å²) in [4.78, 5) is 2.01. The van der Waals surface area contributed by atoms with Crippen molar-refractivity contribution >= 4 is 5.69 Å². The van der Waals surface area contributed by atoms with E-state index in [0.29, 0.717) is 12.4 Å². The predicted octanol–water partition coefficient (Wildman–Crippen LogP) is 2.14. The normalized spacial score (nSPS) is 11.7. The molecule has 0 aliphatic heterocycles. The Morgan fingerprint density at radius 1 is 1.28 bits per heavy atom. The fraction of sp³-hybridized carbons (Fsp3) is 0.538. The van der Waals surface area contributed by atoms with Gasteiger partial charge in [-0.1, -0.05) is 0 Å². The Bertz CT molecular complexity index is 420. The summed E-state index contributed by atoms with van der Waals surface area (Å²) in [6.45, 7) is 4.39. The molecule has 0 radical (unpaired) electrons. The second-order valence-corrected chi connectivity index (χ2v) is 5.02. The first-order valence-corrected chi connectivity index (χ1v) is 5.71. The Labute approximate surface area is 107 Å². The van der Waals surface area contributed by atoms with Crippen molar-refractivity contribution in [1.29, 1.82) is 0 Å². The first kappa shape index (κ1) is 14.6. The zero-order chi connectivity index (χ0) is 13.9. The Morgan fingerprint density at radius 3 is 2.39 bits per heavy atom. The average Bonchev–Trinajstić information content (AvgIpc) is 2.27. The van der Waals surface area contributed by atoms with Gasteiger partial charge in [0.15, 0.2) is 11.6 Å². The SMILES string of the molecule is COc1cc(OCC(C)(C)N(C)C)c(F)cc1N. The van der Waals surface area contributed by atoms with Crippen molar-refractivity contribution in [2.75, 3.05) is 33.5 Å². The van der Waals surface area contributed by atoms with Crippen LogP contribution >= 0.6 is 0 Å². The molecule has 0 saturated carbocycles. The molecule has 18 heavy (non-hydrogen) atoms. The molecule has 0 fully saturated rings. The number of hydrogen-bond donors (Lipinski definition) is 1. The maximum Gasteiger partial charge on any atom is 0.167 e. The molecule has 0 aliphatic rings. The van der Waals surface area contributed by atoms with E-state index in [1.807, 2.05) is 32.8 Å². The van der Waals surface area contributed by atoms with E-state index >= 15 is 0 Å². The standard InChI is InChI=1S/C13H21FN2O2/c1-13(2,16(3)4)8-18-11-7-12(17-5)10(15)6-9(11)14/h6-7H,8,15H2,1-5H3. The van der Waals surface area contributed by atoms with E-state index in [2.05, 4.69) is 0 Å². The van der Waals surface area contributed by atoms with E-state index < -0.39 is 5.82 Å². The smallest absolute Gasteiger partial charge is 0.167 e. The highest BCUT2D eigenvalue weighted by Gasteiger charge is 2.22. The van der Waals surface area contributed by atoms with Crippen LogP contribution in [0.15, 0.2) is 12.1 Å². The Morgan fingerprint density at radius 2 is 1.89 bits per heavy atom. The fourth-order valence-corrected chi connectivity index (χ4v) is 1.22. The largest absolute Gasteiger partial charge is 0.494 e. The lowest BCUT2D eigenvalue weighted by molar-refractivity contribution is 0.111. The summed E-state index contributed by atoms with van der Waals surface area (Å²) in [5.74, 6) is 0.0768. The second-order valence-electron chi connectivity index (χ2n) is 5.02. The van der Waals surface area contributed by atoms with Gasteiger partial charge in [-0.25, -0.2) is 4.39 Å². The number of methoxy groups -OCH3 is 1. The third-order valence-corrected chi connectivity index (χ3v) is 3.08. The van der Waals surface area contributed by atoms with E-state index in [1.165, 1.54) is 19.2 Å². The molecule has 0 bridgehead atoms. The quantitative estimate of drug-likeness (QED) is 0.820. The number of ether oxygens (including phenoxy) is 2. The highest BCUT2D eigenvalue weighted by atomic mass is 19.1. The molecule has 0 aromatic heterocycles. The van der Waals surface area contributed by atoms with Crippen molar-refractivity contribution in [3.05, 3.63) is 17.9 Å². The fourth-order valence-electron chi connectivity index (χ4n) is 1.22. The van der Waals surface area contributed by atoms with Gasteiger partial charge in [0.1, 0.15) is 12.4 Å². The van der Waals surface area contributed by atoms with Crippen molar-refractivity contribution in [1.82, 2.24) is 4.90 Å². The highest BCUT2D eigenvalue weighted by Crippen LogP contribution is 2.30. The third kappa shape index (κ3) is 3.26. The van der Waals surface area contributed by atoms with Crippen LogP contribution in [0.5, 0.6) is 11.5 Å². The van der Waals surface area contributed by atoms with Gasteiger partial charge in [-0.3, -0.25) is 0 Å². The Kier molecular flexibility index (Phi) is 4.40. The molecule has 5 heteroatoms. The lowest BCUT2D eigenvalue weighted by atomic mass is 10.1. The molecule has 2 N–H and O–H groups in total. The summed E-state index contributed by atoms with van der Waals surface area (Å²) >= 11 is 0. The Balaban J connectivity index is 2.85. The van der Waals surface area contributed by atoms with Gasteiger partial charge in [0.05, 0.1) is 12.8 Å². The van der Waals surface area contributed by atoms with Gasteiger partial charge in [0.25, 0.3) is 0 Å². The van der Waals surface area contributed by atoms with Crippen LogP contribution in [-0.2, 0) is 0 Å². The first-order valence-electron chi connectivity index (χ1n) is 5.71. The van der Waals surface area contributed by atoms with E-state index in [4.69, 9.17) is 15.2 Å². The number of likely N-dealkylation sites (N-methyl/N-ethyl adjacent to an activating group) is 1. The highest BCUT2D eigenvalue weighted by molar-refractivity contribution is 5.56. The van der Waals surface area contributed by atoms with Crippen LogP contribution in [-0.4, -0.2) is 38.3 Å². The number of anilines is 1. The van der Waals surface area contributed by atoms with Crippen molar-refractivity contribution in [3.8, 4) is 11.5 Å². The third-order valence-electron chi connectivity index (χ3n) is 3.08. The van der Waals surface area contributed by atoms with Crippen LogP contribution in [0.3, 0.4) is 0 Å². The molecular formula is C13H21FN2O2. The van der Waals surface area contributed by atoms with Gasteiger partial charge in [0, 0.05) is 17.7 Å². The summed E-state index contributed by atoms with van der Waals surface area (Å²) in [5, 5.41) is 0. The summed E-state index contributed by atoms with van der Waals surface area (Å²) in [6, 6.07) is 2.67. The summed E-state index contributed by atoms with van der Waals surface area (Å²) in [7, 11) is 5.38. The molecule has 0 spiro atoms. The van der Waals surface area contributed by atoms with E-state index in [-0.39, 0.29) is 17.0 Å². The van der Waals surface area contributed by atoms with Crippen molar-refractivity contribution in [2.24, 2.45) is 0 Å². The molecule has 4 nitrogen and oxygen atoms in total. The lowest BCUT2D eigenvalue weighted by Gasteiger charge is -2.32. The number of nitrogens with two attached hydrogens (primary N) is 1. The molecule has 1 aromatic carbocycles. The molecule has 0 amide bonds. The second kappa shape index (κ2) is 5.44. The minimum absolute atomic E-state index is 0.149. The zero-order valence-corrected chi connectivity index (χ0v) is 11.6. The molecular weight excluding hydrogens is 235 g/mol. The van der Waals surface area contributed by atoms with E-state index in [9.17, 15) is 4.39 Å². The number of hydrogen-bond acceptors (Lipinski definition) is 4. The minimum Gasteiger partial charge on any atom is -0.494 e. The van der Waals surface area contributed by atoms with Crippen LogP contribution in [0.25, 0.3) is 0 Å². The predicted molar refractivity (Wildman–Crippen MR) is 70.6 cm³/mol. The molecule has 0 aliphatic carbocycles. The average molecular weight is 256 g/mol. The summed E-state index contributed by atoms with van der Waals surface area (Å²) in [5.41, 5.74) is 5.67. The van der Waals surface area contributed by atoms with Crippen LogP contribution in [0, 0.1) is 5.82 Å². The van der Waals surface area contributed by atoms with Gasteiger partial charge in [-0.2, -0.15) is 0 Å². The maximum atomic E-state index is 13.7. The lowest BCUT2D eigenvalue weighted by Crippen LogP contribution is -2.43. The maximum absolute atomic E-state index is 13.7. The Hall–Kier alpha value is -1.49. The van der Waals surface area contributed by atoms with Crippen LogP contribution in [0.1, 0.15) is 13.8 Å². The van der Waals surface area contributed by atoms with Gasteiger partial charge < -0.3 is 20.1 Å². The molecule has 0 unspecified atom stereocenters. The van der Waals surface area contributed by atoms with Crippen molar-refractivity contribution in [3.63, 3.8) is 0 Å². The van der Waals surface area contributed by atoms with Crippen LogP contribution in [0.4, 0.5) is 10.1 Å². The minimum atomic E-state index is -0.483. The monoisotopic (exact) mass is 256 g/mol. The molecule has 0 heterocycles. The number of nitrogen functional groups attached to an aromatic ring is 1. The number of benzene rings is 1. The molecule has 0 atom stereocenters. The topological polar surface area (TPSA) is 47.7 Å². The molecule has 0 saturated heterocycles.